The van der Waals surface area contributed by atoms with Gasteiger partial charge in [0, 0.05) is 24.2 Å². The van der Waals surface area contributed by atoms with Crippen molar-refractivity contribution in [2.75, 3.05) is 24.6 Å². The Morgan fingerprint density at radius 2 is 1.96 bits per heavy atom. The average Bonchev–Trinajstić information content (AvgIpc) is 3.00. The van der Waals surface area contributed by atoms with Crippen molar-refractivity contribution in [1.29, 1.82) is 0 Å². The van der Waals surface area contributed by atoms with Crippen LogP contribution >= 0.6 is 0 Å². The molecule has 2 aromatic rings. The lowest BCUT2D eigenvalue weighted by atomic mass is 10.0. The number of carbonyl (C=O) groups excluding carboxylic acids is 1. The van der Waals surface area contributed by atoms with Crippen LogP contribution in [-0.4, -0.2) is 38.7 Å². The number of amides is 2. The number of hydrogen-bond acceptors (Lipinski definition) is 4. The molecular formula is C17H18N2O5S. The standard InChI is InChI=1S/C17H18N2O5S/c1-2-24-16-6-4-3-5-13(16)14-11-12(25(21,22)23)7-8-15(14)19-10-9-18-17(19)20/h3-8,11H,2,9-10H2,1H3,(H,18,20)(H,21,22,23). The summed E-state index contributed by atoms with van der Waals surface area (Å²) in [6.45, 7) is 3.26. The van der Waals surface area contributed by atoms with Crippen LogP contribution in [-0.2, 0) is 10.1 Å². The first-order valence-electron chi connectivity index (χ1n) is 7.81. The van der Waals surface area contributed by atoms with Crippen molar-refractivity contribution in [3.05, 3.63) is 42.5 Å². The first-order valence-corrected chi connectivity index (χ1v) is 9.25. The summed E-state index contributed by atoms with van der Waals surface area (Å²) in [5.41, 5.74) is 1.69. The van der Waals surface area contributed by atoms with Gasteiger partial charge in [0.1, 0.15) is 5.75 Å². The molecule has 2 N–H and O–H groups in total. The molecule has 0 saturated carbocycles. The number of hydrogen-bond donors (Lipinski definition) is 2. The van der Waals surface area contributed by atoms with E-state index in [0.29, 0.717) is 42.3 Å². The van der Waals surface area contributed by atoms with Gasteiger partial charge >= 0.3 is 6.03 Å². The van der Waals surface area contributed by atoms with Crippen LogP contribution in [0.2, 0.25) is 0 Å². The summed E-state index contributed by atoms with van der Waals surface area (Å²) >= 11 is 0. The quantitative estimate of drug-likeness (QED) is 0.797. The Balaban J connectivity index is 2.23. The number of carbonyl (C=O) groups is 1. The van der Waals surface area contributed by atoms with Crippen molar-refractivity contribution in [2.45, 2.75) is 11.8 Å². The van der Waals surface area contributed by atoms with Gasteiger partial charge in [0.25, 0.3) is 10.1 Å². The van der Waals surface area contributed by atoms with Gasteiger partial charge in [-0.1, -0.05) is 18.2 Å². The van der Waals surface area contributed by atoms with Crippen LogP contribution in [0.15, 0.2) is 47.4 Å². The molecule has 1 aliphatic rings. The predicted octanol–water partition coefficient (Wildman–Crippen LogP) is 2.53. The van der Waals surface area contributed by atoms with E-state index in [1.807, 2.05) is 13.0 Å². The Bertz CT molecular complexity index is 911. The zero-order valence-corrected chi connectivity index (χ0v) is 14.4. The fraction of sp³-hybridized carbons (Fsp3) is 0.235. The monoisotopic (exact) mass is 362 g/mol. The van der Waals surface area contributed by atoms with E-state index in [1.165, 1.54) is 23.1 Å². The summed E-state index contributed by atoms with van der Waals surface area (Å²) < 4.78 is 38.1. The molecule has 0 aliphatic carbocycles. The van der Waals surface area contributed by atoms with E-state index in [-0.39, 0.29) is 10.9 Å². The molecule has 0 bridgehead atoms. The number of rotatable bonds is 5. The van der Waals surface area contributed by atoms with Crippen molar-refractivity contribution in [1.82, 2.24) is 5.32 Å². The first kappa shape index (κ1) is 17.2. The Hall–Kier alpha value is -2.58. The highest BCUT2D eigenvalue weighted by atomic mass is 32.2. The Morgan fingerprint density at radius 1 is 1.20 bits per heavy atom. The Kier molecular flexibility index (Phi) is 4.65. The topological polar surface area (TPSA) is 95.9 Å². The van der Waals surface area contributed by atoms with E-state index in [1.54, 1.807) is 18.2 Å². The zero-order valence-electron chi connectivity index (χ0n) is 13.6. The van der Waals surface area contributed by atoms with Crippen molar-refractivity contribution < 1.29 is 22.5 Å². The van der Waals surface area contributed by atoms with Crippen LogP contribution in [0.25, 0.3) is 11.1 Å². The fourth-order valence-corrected chi connectivity index (χ4v) is 3.31. The van der Waals surface area contributed by atoms with Crippen LogP contribution in [0.3, 0.4) is 0 Å². The van der Waals surface area contributed by atoms with E-state index in [0.717, 1.165) is 0 Å². The lowest BCUT2D eigenvalue weighted by Crippen LogP contribution is -2.28. The van der Waals surface area contributed by atoms with Crippen molar-refractivity contribution >= 4 is 21.8 Å². The van der Waals surface area contributed by atoms with Crippen LogP contribution in [0.1, 0.15) is 6.92 Å². The van der Waals surface area contributed by atoms with Crippen molar-refractivity contribution in [2.24, 2.45) is 0 Å². The summed E-state index contributed by atoms with van der Waals surface area (Å²) in [4.78, 5) is 13.4. The number of benzene rings is 2. The molecule has 0 spiro atoms. The number of nitrogens with one attached hydrogen (secondary N) is 1. The van der Waals surface area contributed by atoms with Crippen molar-refractivity contribution in [3.8, 4) is 16.9 Å². The molecule has 8 heteroatoms. The molecule has 7 nitrogen and oxygen atoms in total. The van der Waals surface area contributed by atoms with E-state index >= 15 is 0 Å². The fourth-order valence-electron chi connectivity index (χ4n) is 2.80. The van der Waals surface area contributed by atoms with Gasteiger partial charge in [-0.15, -0.1) is 0 Å². The van der Waals surface area contributed by atoms with Gasteiger partial charge in [0.15, 0.2) is 0 Å². The third-order valence-corrected chi connectivity index (χ3v) is 4.74. The highest BCUT2D eigenvalue weighted by Gasteiger charge is 2.26. The van der Waals surface area contributed by atoms with E-state index in [9.17, 15) is 17.8 Å². The molecule has 0 aromatic heterocycles. The maximum Gasteiger partial charge on any atom is 0.322 e. The minimum atomic E-state index is -4.37. The molecule has 1 fully saturated rings. The van der Waals surface area contributed by atoms with Gasteiger partial charge in [-0.05, 0) is 31.2 Å². The maximum absolute atomic E-state index is 12.1. The lowest BCUT2D eigenvalue weighted by molar-refractivity contribution is 0.252. The van der Waals surface area contributed by atoms with Crippen LogP contribution in [0, 0.1) is 0 Å². The molecule has 132 valence electrons. The number of anilines is 1. The molecule has 25 heavy (non-hydrogen) atoms. The van der Waals surface area contributed by atoms with Gasteiger partial charge in [-0.3, -0.25) is 9.45 Å². The average molecular weight is 362 g/mol. The number of urea groups is 1. The predicted molar refractivity (Wildman–Crippen MR) is 93.6 cm³/mol. The second-order valence-corrected chi connectivity index (χ2v) is 6.89. The Morgan fingerprint density at radius 3 is 2.60 bits per heavy atom. The molecule has 1 aliphatic heterocycles. The SMILES string of the molecule is CCOc1ccccc1-c1cc(S(=O)(=O)O)ccc1N1CCNC1=O. The van der Waals surface area contributed by atoms with E-state index in [2.05, 4.69) is 5.32 Å². The minimum absolute atomic E-state index is 0.239. The van der Waals surface area contributed by atoms with Crippen LogP contribution < -0.4 is 15.0 Å². The number of nitrogens with zero attached hydrogens (tertiary/aromatic N) is 1. The first-order chi connectivity index (χ1) is 11.9. The third kappa shape index (κ3) is 3.45. The van der Waals surface area contributed by atoms with Gasteiger partial charge in [-0.25, -0.2) is 4.79 Å². The van der Waals surface area contributed by atoms with Gasteiger partial charge in [-0.2, -0.15) is 8.42 Å². The molecule has 0 unspecified atom stereocenters. The van der Waals surface area contributed by atoms with Crippen molar-refractivity contribution in [3.63, 3.8) is 0 Å². The van der Waals surface area contributed by atoms with Crippen LogP contribution in [0.5, 0.6) is 5.75 Å². The minimum Gasteiger partial charge on any atom is -0.493 e. The molecule has 1 saturated heterocycles. The van der Waals surface area contributed by atoms with Gasteiger partial charge in [0.05, 0.1) is 17.2 Å². The molecule has 0 radical (unpaired) electrons. The highest BCUT2D eigenvalue weighted by Crippen LogP contribution is 2.38. The third-order valence-electron chi connectivity index (χ3n) is 3.89. The van der Waals surface area contributed by atoms with Gasteiger partial charge in [0.2, 0.25) is 0 Å². The molecule has 3 rings (SSSR count). The smallest absolute Gasteiger partial charge is 0.322 e. The number of para-hydroxylation sites is 1. The second kappa shape index (κ2) is 6.73. The Labute approximate surface area is 146 Å². The molecule has 2 aromatic carbocycles. The van der Waals surface area contributed by atoms with Gasteiger partial charge < -0.3 is 10.1 Å². The molecule has 1 heterocycles. The summed E-state index contributed by atoms with van der Waals surface area (Å²) in [7, 11) is -4.37. The maximum atomic E-state index is 12.1. The summed E-state index contributed by atoms with van der Waals surface area (Å²) in [5.74, 6) is 0.568. The summed E-state index contributed by atoms with van der Waals surface area (Å²) in [6.07, 6.45) is 0. The zero-order chi connectivity index (χ0) is 18.0. The second-order valence-electron chi connectivity index (χ2n) is 5.47. The summed E-state index contributed by atoms with van der Waals surface area (Å²) in [5, 5.41) is 2.72. The van der Waals surface area contributed by atoms with Crippen LogP contribution in [0.4, 0.5) is 10.5 Å². The molecule has 2 amide bonds. The lowest BCUT2D eigenvalue weighted by Gasteiger charge is -2.21. The van der Waals surface area contributed by atoms with E-state index < -0.39 is 10.1 Å². The van der Waals surface area contributed by atoms with E-state index in [4.69, 9.17) is 4.74 Å². The largest absolute Gasteiger partial charge is 0.493 e. The molecule has 0 atom stereocenters. The molecular weight excluding hydrogens is 344 g/mol. The highest BCUT2D eigenvalue weighted by molar-refractivity contribution is 7.85. The number of ether oxygens (including phenoxy) is 1. The normalized spacial score (nSPS) is 14.5. The summed E-state index contributed by atoms with van der Waals surface area (Å²) in [6, 6.07) is 11.1.